The van der Waals surface area contributed by atoms with Gasteiger partial charge in [0.25, 0.3) is 0 Å². The van der Waals surface area contributed by atoms with Gasteiger partial charge in [0.1, 0.15) is 0 Å². The molecule has 0 radical (unpaired) electrons. The predicted octanol–water partition coefficient (Wildman–Crippen LogP) is 4.73. The van der Waals surface area contributed by atoms with E-state index in [2.05, 4.69) is 21.2 Å². The minimum Gasteiger partial charge on any atom is -0.493 e. The van der Waals surface area contributed by atoms with Crippen molar-refractivity contribution < 1.29 is 9.47 Å². The lowest BCUT2D eigenvalue weighted by Gasteiger charge is -2.14. The van der Waals surface area contributed by atoms with E-state index in [1.807, 2.05) is 36.4 Å². The van der Waals surface area contributed by atoms with Crippen LogP contribution in [0, 0.1) is 0 Å². The molecular formula is C15H15BrClNO2. The van der Waals surface area contributed by atoms with E-state index in [4.69, 9.17) is 21.1 Å². The maximum atomic E-state index is 5.87. The summed E-state index contributed by atoms with van der Waals surface area (Å²) in [5.74, 6) is 1.44. The SMILES string of the molecule is COc1cc(Br)cc(CNc2ccc(Cl)cc2)c1OC. The molecule has 0 aliphatic carbocycles. The molecule has 0 fully saturated rings. The first kappa shape index (κ1) is 15.0. The van der Waals surface area contributed by atoms with Crippen LogP contribution in [0.4, 0.5) is 5.69 Å². The van der Waals surface area contributed by atoms with Crippen LogP contribution in [0.15, 0.2) is 40.9 Å². The topological polar surface area (TPSA) is 30.5 Å². The third-order valence-electron chi connectivity index (χ3n) is 2.85. The monoisotopic (exact) mass is 355 g/mol. The second-order valence-electron chi connectivity index (χ2n) is 4.16. The molecule has 0 aliphatic heterocycles. The van der Waals surface area contributed by atoms with Crippen molar-refractivity contribution in [3.63, 3.8) is 0 Å². The molecular weight excluding hydrogens is 342 g/mol. The molecule has 0 amide bonds. The van der Waals surface area contributed by atoms with E-state index in [0.717, 1.165) is 26.5 Å². The lowest BCUT2D eigenvalue weighted by molar-refractivity contribution is 0.352. The zero-order valence-electron chi connectivity index (χ0n) is 11.2. The smallest absolute Gasteiger partial charge is 0.165 e. The summed E-state index contributed by atoms with van der Waals surface area (Å²) in [4.78, 5) is 0. The summed E-state index contributed by atoms with van der Waals surface area (Å²) in [5.41, 5.74) is 2.00. The van der Waals surface area contributed by atoms with Crippen molar-refractivity contribution in [2.75, 3.05) is 19.5 Å². The molecule has 5 heteroatoms. The van der Waals surface area contributed by atoms with Gasteiger partial charge in [-0.2, -0.15) is 0 Å². The van der Waals surface area contributed by atoms with Gasteiger partial charge in [-0.05, 0) is 36.4 Å². The van der Waals surface area contributed by atoms with Gasteiger partial charge in [-0.3, -0.25) is 0 Å². The van der Waals surface area contributed by atoms with E-state index in [1.54, 1.807) is 14.2 Å². The fourth-order valence-electron chi connectivity index (χ4n) is 1.90. The van der Waals surface area contributed by atoms with Crippen LogP contribution in [0.2, 0.25) is 5.02 Å². The quantitative estimate of drug-likeness (QED) is 0.840. The van der Waals surface area contributed by atoms with Gasteiger partial charge < -0.3 is 14.8 Å². The number of halogens is 2. The number of anilines is 1. The average Bonchev–Trinajstić information content (AvgIpc) is 2.46. The zero-order chi connectivity index (χ0) is 14.5. The van der Waals surface area contributed by atoms with Gasteiger partial charge in [0.05, 0.1) is 14.2 Å². The number of hydrogen-bond donors (Lipinski definition) is 1. The molecule has 2 aromatic rings. The van der Waals surface area contributed by atoms with E-state index in [0.29, 0.717) is 12.3 Å². The summed E-state index contributed by atoms with van der Waals surface area (Å²) >= 11 is 9.34. The van der Waals surface area contributed by atoms with Crippen molar-refractivity contribution >= 4 is 33.2 Å². The number of hydrogen-bond acceptors (Lipinski definition) is 3. The number of ether oxygens (including phenoxy) is 2. The molecule has 0 aromatic heterocycles. The molecule has 0 aliphatic rings. The Balaban J connectivity index is 2.20. The van der Waals surface area contributed by atoms with Crippen molar-refractivity contribution in [3.8, 4) is 11.5 Å². The largest absolute Gasteiger partial charge is 0.493 e. The van der Waals surface area contributed by atoms with Crippen molar-refractivity contribution in [1.82, 2.24) is 0 Å². The third kappa shape index (κ3) is 3.58. The fraction of sp³-hybridized carbons (Fsp3) is 0.200. The number of nitrogens with one attached hydrogen (secondary N) is 1. The van der Waals surface area contributed by atoms with E-state index >= 15 is 0 Å². The molecule has 0 saturated carbocycles. The van der Waals surface area contributed by atoms with Crippen LogP contribution >= 0.6 is 27.5 Å². The van der Waals surface area contributed by atoms with Crippen molar-refractivity contribution in [2.45, 2.75) is 6.54 Å². The lowest BCUT2D eigenvalue weighted by atomic mass is 10.1. The molecule has 0 heterocycles. The molecule has 0 saturated heterocycles. The van der Waals surface area contributed by atoms with E-state index in [-0.39, 0.29) is 0 Å². The van der Waals surface area contributed by atoms with Gasteiger partial charge in [-0.1, -0.05) is 27.5 Å². The van der Waals surface area contributed by atoms with E-state index in [1.165, 1.54) is 0 Å². The fourth-order valence-corrected chi connectivity index (χ4v) is 2.51. The first-order chi connectivity index (χ1) is 9.63. The van der Waals surface area contributed by atoms with Crippen LogP contribution in [0.25, 0.3) is 0 Å². The second-order valence-corrected chi connectivity index (χ2v) is 5.51. The summed E-state index contributed by atoms with van der Waals surface area (Å²) in [6.45, 7) is 0.626. The minimum atomic E-state index is 0.626. The Labute approximate surface area is 132 Å². The molecule has 106 valence electrons. The molecule has 0 atom stereocenters. The highest BCUT2D eigenvalue weighted by Gasteiger charge is 2.11. The van der Waals surface area contributed by atoms with Gasteiger partial charge in [0.15, 0.2) is 11.5 Å². The molecule has 2 aromatic carbocycles. The van der Waals surface area contributed by atoms with Crippen LogP contribution in [-0.4, -0.2) is 14.2 Å². The Bertz CT molecular complexity index is 587. The number of benzene rings is 2. The second kappa shape index (κ2) is 6.86. The first-order valence-corrected chi connectivity index (χ1v) is 7.21. The highest BCUT2D eigenvalue weighted by molar-refractivity contribution is 9.10. The lowest BCUT2D eigenvalue weighted by Crippen LogP contribution is -2.03. The maximum Gasteiger partial charge on any atom is 0.165 e. The molecule has 0 unspecified atom stereocenters. The standard InChI is InChI=1S/C15H15BrClNO2/c1-19-14-8-11(16)7-10(15(14)20-2)9-18-13-5-3-12(17)4-6-13/h3-8,18H,9H2,1-2H3. The molecule has 20 heavy (non-hydrogen) atoms. The highest BCUT2D eigenvalue weighted by Crippen LogP contribution is 2.35. The van der Waals surface area contributed by atoms with Crippen molar-refractivity contribution in [3.05, 3.63) is 51.5 Å². The summed E-state index contributed by atoms with van der Waals surface area (Å²) in [7, 11) is 3.26. The Morgan fingerprint density at radius 3 is 2.40 bits per heavy atom. The number of methoxy groups -OCH3 is 2. The van der Waals surface area contributed by atoms with Crippen LogP contribution in [0.3, 0.4) is 0 Å². The molecule has 3 nitrogen and oxygen atoms in total. The highest BCUT2D eigenvalue weighted by atomic mass is 79.9. The Morgan fingerprint density at radius 1 is 1.10 bits per heavy atom. The van der Waals surface area contributed by atoms with Crippen LogP contribution in [-0.2, 0) is 6.54 Å². The van der Waals surface area contributed by atoms with E-state index < -0.39 is 0 Å². The number of rotatable bonds is 5. The zero-order valence-corrected chi connectivity index (χ0v) is 13.6. The van der Waals surface area contributed by atoms with Gasteiger partial charge in [0.2, 0.25) is 0 Å². The van der Waals surface area contributed by atoms with Crippen LogP contribution < -0.4 is 14.8 Å². The Hall–Kier alpha value is -1.39. The molecule has 2 rings (SSSR count). The van der Waals surface area contributed by atoms with Crippen molar-refractivity contribution in [2.24, 2.45) is 0 Å². The molecule has 0 spiro atoms. The Morgan fingerprint density at radius 2 is 1.80 bits per heavy atom. The van der Waals surface area contributed by atoms with Gasteiger partial charge in [-0.25, -0.2) is 0 Å². The summed E-state index contributed by atoms with van der Waals surface area (Å²) < 4.78 is 11.7. The summed E-state index contributed by atoms with van der Waals surface area (Å²) in [6.07, 6.45) is 0. The summed E-state index contributed by atoms with van der Waals surface area (Å²) in [6, 6.07) is 11.5. The maximum absolute atomic E-state index is 5.87. The third-order valence-corrected chi connectivity index (χ3v) is 3.56. The minimum absolute atomic E-state index is 0.626. The summed E-state index contributed by atoms with van der Waals surface area (Å²) in [5, 5.41) is 4.05. The van der Waals surface area contributed by atoms with E-state index in [9.17, 15) is 0 Å². The molecule has 0 bridgehead atoms. The van der Waals surface area contributed by atoms with Crippen LogP contribution in [0.1, 0.15) is 5.56 Å². The molecule has 1 N–H and O–H groups in total. The normalized spacial score (nSPS) is 10.2. The first-order valence-electron chi connectivity index (χ1n) is 6.04. The average molecular weight is 357 g/mol. The predicted molar refractivity (Wildman–Crippen MR) is 86.0 cm³/mol. The van der Waals surface area contributed by atoms with Gasteiger partial charge >= 0.3 is 0 Å². The van der Waals surface area contributed by atoms with Crippen LogP contribution in [0.5, 0.6) is 11.5 Å². The van der Waals surface area contributed by atoms with Gasteiger partial charge in [0, 0.05) is 27.3 Å². The Kier molecular flexibility index (Phi) is 5.15. The van der Waals surface area contributed by atoms with Crippen molar-refractivity contribution in [1.29, 1.82) is 0 Å². The van der Waals surface area contributed by atoms with Gasteiger partial charge in [-0.15, -0.1) is 0 Å².